The lowest BCUT2D eigenvalue weighted by atomic mass is 10.2. The highest BCUT2D eigenvalue weighted by molar-refractivity contribution is 8.24. The van der Waals surface area contributed by atoms with Crippen molar-refractivity contribution in [2.24, 2.45) is 0 Å². The molecule has 4 N–H and O–H groups in total. The minimum Gasteiger partial charge on any atom is -0.748 e. The molecule has 0 radical (unpaired) electrons. The maximum absolute atomic E-state index is 11.2. The third-order valence-corrected chi connectivity index (χ3v) is 15.6. The zero-order chi connectivity index (χ0) is 77.2. The Kier molecular flexibility index (Phi) is 69.0. The number of carbonyl (C=O) groups excluding carboxylic acids is 6. The number of quaternary nitrogens is 5. The van der Waals surface area contributed by atoms with Crippen molar-refractivity contribution in [1.29, 1.82) is 0 Å². The maximum atomic E-state index is 11.2. The lowest BCUT2D eigenvalue weighted by molar-refractivity contribution is -0.893. The first-order chi connectivity index (χ1) is 43.3. The van der Waals surface area contributed by atoms with Gasteiger partial charge < -0.3 is 75.7 Å². The molecule has 98 heavy (non-hydrogen) atoms. The summed E-state index contributed by atoms with van der Waals surface area (Å²) < 4.78 is 143. The number of hydrogen-bond acceptors (Lipinski definition) is 24. The summed E-state index contributed by atoms with van der Waals surface area (Å²) in [6.45, 7) is 29.3. The fourth-order valence-electron chi connectivity index (χ4n) is 7.33. The van der Waals surface area contributed by atoms with E-state index in [0.717, 1.165) is 44.5 Å². The van der Waals surface area contributed by atoms with E-state index in [1.807, 2.05) is 42.3 Å². The van der Waals surface area contributed by atoms with E-state index in [9.17, 15) is 90.9 Å². The first-order valence-electron chi connectivity index (χ1n) is 29.7. The zero-order valence-corrected chi connectivity index (χ0v) is 67.9. The number of ether oxygens (including phenoxy) is 3. The topological polar surface area (TPSA) is 423 Å². The largest absolute Gasteiger partial charge is 0.748 e. The quantitative estimate of drug-likeness (QED) is 0.00998. The summed E-state index contributed by atoms with van der Waals surface area (Å²) in [6, 6.07) is 0. The van der Waals surface area contributed by atoms with E-state index in [0.29, 0.717) is 95.3 Å². The van der Waals surface area contributed by atoms with Crippen molar-refractivity contribution < 1.29 is 127 Å². The predicted molar refractivity (Wildman–Crippen MR) is 399 cm³/mol. The Labute approximate surface area is 605 Å². The van der Waals surface area contributed by atoms with Gasteiger partial charge in [0.1, 0.15) is 64.8 Å². The number of aliphatic hydroxyl groups is 2. The summed E-state index contributed by atoms with van der Waals surface area (Å²) in [4.78, 5) is 65.9. The van der Waals surface area contributed by atoms with Gasteiger partial charge in [-0.05, 0) is 34.2 Å². The van der Waals surface area contributed by atoms with Crippen molar-refractivity contribution >= 4 is 130 Å². The fraction of sp³-hybridized carbons (Fsp3) is 0.759. The van der Waals surface area contributed by atoms with Gasteiger partial charge in [0.05, 0.1) is 155 Å². The molecule has 0 saturated carbocycles. The number of unbranched alkanes of at least 4 members (excludes halogenated alkanes) is 1. The molecule has 3 atom stereocenters. The first kappa shape index (κ1) is 114. The summed E-state index contributed by atoms with van der Waals surface area (Å²) in [5, 5.41) is 24.5. The van der Waals surface area contributed by atoms with Gasteiger partial charge in [-0.25, -0.2) is 48.1 Å². The van der Waals surface area contributed by atoms with E-state index in [1.54, 1.807) is 34.9 Å². The molecule has 0 heterocycles. The molecule has 40 heteroatoms. The van der Waals surface area contributed by atoms with E-state index in [-0.39, 0.29) is 81.5 Å². The van der Waals surface area contributed by atoms with Gasteiger partial charge in [-0.1, -0.05) is 91.3 Å². The van der Waals surface area contributed by atoms with Crippen LogP contribution in [-0.2, 0) is 105 Å². The van der Waals surface area contributed by atoms with Crippen LogP contribution in [0.2, 0.25) is 0 Å². The number of nitrogens with zero attached hydrogens (tertiary/aromatic N) is 5. The highest BCUT2D eigenvalue weighted by atomic mass is 32.7. The van der Waals surface area contributed by atoms with Gasteiger partial charge in [0.2, 0.25) is 17.6 Å². The number of aliphatic hydroxyl groups excluding tert-OH is 2. The molecule has 0 spiro atoms. The smallest absolute Gasteiger partial charge is 0.374 e. The molecule has 0 aromatic carbocycles. The molecule has 582 valence electrons. The lowest BCUT2D eigenvalue weighted by Gasteiger charge is -2.32. The minimum atomic E-state index is -4.48. The van der Waals surface area contributed by atoms with Crippen LogP contribution in [0.3, 0.4) is 0 Å². The second-order valence-electron chi connectivity index (χ2n) is 25.1. The van der Waals surface area contributed by atoms with Gasteiger partial charge in [0.15, 0.2) is 0 Å². The summed E-state index contributed by atoms with van der Waals surface area (Å²) in [7, 11) is 12.5. The maximum Gasteiger partial charge on any atom is 0.374 e. The molecule has 0 aromatic heterocycles. The van der Waals surface area contributed by atoms with E-state index in [1.165, 1.54) is 29.0 Å². The molecule has 0 fully saturated rings. The standard InChI is InChI=1S/C12H24N2O5S.C12H24N2O4S.C11H21NO5S.C11H22NO2.C10H19NO7S.2CH4.2H2P2S/c1-10(2)12(16)13-6-5-7-14(3,4)8-11(15)9-20(17,18)19;1-11(2)12(15)13-7-5-8-14(3,4)9-6-10-19(16,17)18;1-10(2)11(13)17-8-7-12(3,4)6-5-9-18(14,15)16;1-5-7-8-12(3,4)9-10-14-11(13)6-2;1-8(12)10(14)18-5-4-11(2,3)6-9(13)7-19(15,16)17;;;1-3-2;1-2-3/h11,15H,1,5-9H2,2-4H3,(H-,13,16,17,18,19);1,5-10H2,2-4H3,(H-,13,15,16,17,18);1,5-9H2,2-4H3;6H,2,5,7-10H2,1,3-4H3;9,13H,4-7H2,1-3H3;2*1H4;1-2H;1H2/q;;;+1;;;;;. The van der Waals surface area contributed by atoms with Crippen LogP contribution >= 0.6 is 32.0 Å². The summed E-state index contributed by atoms with van der Waals surface area (Å²) in [6.07, 6.45) is 3.25. The Hall–Kier alpha value is -2.89. The minimum absolute atomic E-state index is 0. The second-order valence-corrected chi connectivity index (χ2v) is 36.5. The molecular weight excluding hydrogens is 1480 g/mol. The zero-order valence-electron chi connectivity index (χ0n) is 58.9. The molecular formula is C58H122N7O23P4S6+. The number of carbonyl (C=O) groups is 6. The molecule has 0 aliphatic heterocycles. The average Bonchev–Trinajstić information content (AvgIpc) is 0.912. The number of nitrogens with one attached hydrogen (secondary N) is 2. The highest BCUT2D eigenvalue weighted by Crippen LogP contribution is 2.08. The van der Waals surface area contributed by atoms with Crippen LogP contribution in [0, 0.1) is 0 Å². The van der Waals surface area contributed by atoms with Crippen LogP contribution in [0.1, 0.15) is 88.0 Å². The summed E-state index contributed by atoms with van der Waals surface area (Å²) in [5.74, 6) is -5.08. The van der Waals surface area contributed by atoms with Gasteiger partial charge in [-0.15, -0.1) is 10.1 Å². The van der Waals surface area contributed by atoms with Gasteiger partial charge in [-0.2, -0.15) is 0 Å². The number of rotatable bonds is 41. The van der Waals surface area contributed by atoms with Crippen molar-refractivity contribution in [1.82, 2.24) is 10.6 Å². The third-order valence-electron chi connectivity index (χ3n) is 12.5. The fourth-order valence-corrected chi connectivity index (χ4v) is 9.45. The van der Waals surface area contributed by atoms with Crippen molar-refractivity contribution in [3.63, 3.8) is 0 Å². The Balaban J connectivity index is -0.000000141. The van der Waals surface area contributed by atoms with Crippen LogP contribution in [-0.4, -0.2) is 324 Å². The highest BCUT2D eigenvalue weighted by Gasteiger charge is 2.25. The van der Waals surface area contributed by atoms with Gasteiger partial charge in [0, 0.05) is 80.0 Å². The molecule has 0 aliphatic carbocycles. The van der Waals surface area contributed by atoms with Crippen LogP contribution < -0.4 is 10.6 Å². The Morgan fingerprint density at radius 1 is 0.531 bits per heavy atom. The summed E-state index contributed by atoms with van der Waals surface area (Å²) >= 11 is 4.33. The Morgan fingerprint density at radius 2 is 0.806 bits per heavy atom. The van der Waals surface area contributed by atoms with Crippen molar-refractivity contribution in [3.8, 4) is 0 Å². The van der Waals surface area contributed by atoms with Gasteiger partial charge >= 0.3 is 17.9 Å². The van der Waals surface area contributed by atoms with E-state index in [2.05, 4.69) is 99.5 Å². The molecule has 0 rings (SSSR count). The monoisotopic (exact) mass is 1600 g/mol. The summed E-state index contributed by atoms with van der Waals surface area (Å²) in [5.41, 5.74) is 1.27. The molecule has 0 bridgehead atoms. The second kappa shape index (κ2) is 59.5. The van der Waals surface area contributed by atoms with Crippen molar-refractivity contribution in [3.05, 3.63) is 49.1 Å². The van der Waals surface area contributed by atoms with E-state index >= 15 is 0 Å². The SMILES string of the molecule is C.C.C=C(C)C(=O)NCCC[N+](C)(C)CC(O)CS(=O)(=O)[O-].C=C(C)C(=O)NCCC[N+](C)(C)CCCS(=O)(=O)[O-].C=C(C)C(=O)OCC[N+](C)(C)CCCS(=O)(=O)[O-].C=CC(=O)OCC[N+](C)(C)CCCC.CC(=O)C(=O)OCC[N+](C)(C)CC(O)CS(=O)(=O)[O-].P=S=P.PP=S. The molecule has 0 aromatic rings. The number of esters is 3. The van der Waals surface area contributed by atoms with Gasteiger partial charge in [-0.3, -0.25) is 14.4 Å². The third kappa shape index (κ3) is 91.1. The van der Waals surface area contributed by atoms with Crippen LogP contribution in [0.15, 0.2) is 49.1 Å². The number of hydrogen-bond donors (Lipinski definition) is 4. The van der Waals surface area contributed by atoms with Crippen molar-refractivity contribution in [2.45, 2.75) is 100 Å². The van der Waals surface area contributed by atoms with Crippen molar-refractivity contribution in [2.75, 3.05) is 192 Å². The van der Waals surface area contributed by atoms with Crippen LogP contribution in [0.4, 0.5) is 0 Å². The normalized spacial score (nSPS) is 12.1. The average molecular weight is 1600 g/mol. The molecule has 2 amide bonds. The molecule has 0 aliphatic rings. The van der Waals surface area contributed by atoms with Crippen LogP contribution in [0.5, 0.6) is 0 Å². The first-order valence-corrected chi connectivity index (χ1v) is 42.8. The number of likely N-dealkylation sites (N-methyl/N-ethyl adjacent to an activating group) is 4. The number of ketones is 1. The number of amides is 2. The number of Topliss-reactive ketones (excluding diaryl/α,β-unsaturated/α-hetero) is 1. The lowest BCUT2D eigenvalue weighted by Crippen LogP contribution is -2.49. The van der Waals surface area contributed by atoms with Crippen LogP contribution in [0.25, 0.3) is 0 Å². The molecule has 0 saturated heterocycles. The van der Waals surface area contributed by atoms with Gasteiger partial charge in [0.25, 0.3) is 0 Å². The Bertz CT molecular complexity index is 2900. The predicted octanol–water partition coefficient (Wildman–Crippen LogP) is 2.58. The molecule has 30 nitrogen and oxygen atoms in total. The van der Waals surface area contributed by atoms with E-state index < -0.39 is 81.9 Å². The molecule has 3 unspecified atom stereocenters. The van der Waals surface area contributed by atoms with E-state index in [4.69, 9.17) is 9.47 Å². The Morgan fingerprint density at radius 3 is 1.09 bits per heavy atom.